The molecule has 2 aromatic rings. The Kier molecular flexibility index (Phi) is 4.80. The third-order valence-electron chi connectivity index (χ3n) is 3.20. The molecule has 0 spiro atoms. The largest absolute Gasteiger partial charge is 0.359 e. The Balaban J connectivity index is 2.02. The summed E-state index contributed by atoms with van der Waals surface area (Å²) in [5.41, 5.74) is 3.59. The number of benzene rings is 1. The van der Waals surface area contributed by atoms with E-state index in [1.54, 1.807) is 0 Å². The maximum atomic E-state index is 5.82. The lowest BCUT2D eigenvalue weighted by molar-refractivity contribution is 0.854. The van der Waals surface area contributed by atoms with Crippen LogP contribution in [-0.2, 0) is 12.3 Å². The predicted molar refractivity (Wildman–Crippen MR) is 81.9 cm³/mol. The van der Waals surface area contributed by atoms with E-state index in [-0.39, 0.29) is 0 Å². The van der Waals surface area contributed by atoms with Crippen LogP contribution in [0.2, 0.25) is 0 Å². The lowest BCUT2D eigenvalue weighted by atomic mass is 10.1. The highest BCUT2D eigenvalue weighted by atomic mass is 35.5. The van der Waals surface area contributed by atoms with Crippen LogP contribution in [0.4, 0.5) is 5.82 Å². The number of likely N-dealkylation sites (N-methyl/N-ethyl adjacent to an activating group) is 1. The van der Waals surface area contributed by atoms with Crippen molar-refractivity contribution >= 4 is 17.4 Å². The van der Waals surface area contributed by atoms with Gasteiger partial charge in [-0.15, -0.1) is 11.6 Å². The second-order valence-electron chi connectivity index (χ2n) is 4.77. The monoisotopic (exact) mass is 274 g/mol. The van der Waals surface area contributed by atoms with Crippen LogP contribution in [0.3, 0.4) is 0 Å². The molecule has 0 N–H and O–H groups in total. The predicted octanol–water partition coefficient (Wildman–Crippen LogP) is 3.81. The van der Waals surface area contributed by atoms with E-state index in [1.165, 1.54) is 11.1 Å². The van der Waals surface area contributed by atoms with E-state index in [9.17, 15) is 0 Å². The van der Waals surface area contributed by atoms with Gasteiger partial charge in [0.25, 0.3) is 0 Å². The zero-order chi connectivity index (χ0) is 13.7. The highest BCUT2D eigenvalue weighted by molar-refractivity contribution is 6.17. The van der Waals surface area contributed by atoms with Gasteiger partial charge < -0.3 is 4.90 Å². The van der Waals surface area contributed by atoms with Crippen LogP contribution >= 0.6 is 11.6 Å². The average molecular weight is 275 g/mol. The fraction of sp³-hybridized carbons (Fsp3) is 0.312. The molecule has 2 rings (SSSR count). The zero-order valence-electron chi connectivity index (χ0n) is 11.4. The Bertz CT molecular complexity index is 526. The van der Waals surface area contributed by atoms with Crippen LogP contribution < -0.4 is 4.90 Å². The highest BCUT2D eigenvalue weighted by Crippen LogP contribution is 2.18. The van der Waals surface area contributed by atoms with E-state index in [1.807, 2.05) is 12.3 Å². The smallest absolute Gasteiger partial charge is 0.131 e. The van der Waals surface area contributed by atoms with Gasteiger partial charge in [-0.1, -0.05) is 30.3 Å². The van der Waals surface area contributed by atoms with E-state index >= 15 is 0 Å². The lowest BCUT2D eigenvalue weighted by Gasteiger charge is -2.20. The van der Waals surface area contributed by atoms with Crippen molar-refractivity contribution < 1.29 is 0 Å². The van der Waals surface area contributed by atoms with E-state index in [0.29, 0.717) is 5.88 Å². The number of anilines is 1. The molecule has 0 saturated heterocycles. The summed E-state index contributed by atoms with van der Waals surface area (Å²) in [6, 6.07) is 12.6. The number of hydrogen-bond acceptors (Lipinski definition) is 2. The number of rotatable bonds is 5. The van der Waals surface area contributed by atoms with Crippen LogP contribution in [0, 0.1) is 6.92 Å². The van der Waals surface area contributed by atoms with Gasteiger partial charge in [-0.25, -0.2) is 4.98 Å². The molecule has 1 aromatic heterocycles. The summed E-state index contributed by atoms with van der Waals surface area (Å²) in [6.45, 7) is 3.04. The van der Waals surface area contributed by atoms with Crippen molar-refractivity contribution in [1.29, 1.82) is 0 Å². The van der Waals surface area contributed by atoms with Crippen LogP contribution in [-0.4, -0.2) is 18.6 Å². The Labute approximate surface area is 120 Å². The minimum absolute atomic E-state index is 0.516. The first-order valence-electron chi connectivity index (χ1n) is 6.47. The molecule has 0 unspecified atom stereocenters. The summed E-state index contributed by atoms with van der Waals surface area (Å²) in [4.78, 5) is 6.70. The first kappa shape index (κ1) is 13.9. The van der Waals surface area contributed by atoms with Crippen molar-refractivity contribution in [3.63, 3.8) is 0 Å². The van der Waals surface area contributed by atoms with Gasteiger partial charge in [-0.3, -0.25) is 0 Å². The third kappa shape index (κ3) is 3.71. The second-order valence-corrected chi connectivity index (χ2v) is 5.04. The van der Waals surface area contributed by atoms with Crippen LogP contribution in [0.25, 0.3) is 0 Å². The molecule has 0 aliphatic carbocycles. The highest BCUT2D eigenvalue weighted by Gasteiger charge is 2.07. The number of aryl methyl sites for hydroxylation is 1. The summed E-state index contributed by atoms with van der Waals surface area (Å²) in [6.07, 6.45) is 2.88. The lowest BCUT2D eigenvalue weighted by Crippen LogP contribution is -2.22. The number of halogens is 1. The molecule has 0 atom stereocenters. The maximum absolute atomic E-state index is 5.82. The number of nitrogens with zero attached hydrogens (tertiary/aromatic N) is 2. The number of alkyl halides is 1. The average Bonchev–Trinajstić information content (AvgIpc) is 2.45. The zero-order valence-corrected chi connectivity index (χ0v) is 12.2. The maximum Gasteiger partial charge on any atom is 0.131 e. The van der Waals surface area contributed by atoms with Gasteiger partial charge >= 0.3 is 0 Å². The van der Waals surface area contributed by atoms with E-state index in [2.05, 4.69) is 54.2 Å². The van der Waals surface area contributed by atoms with Crippen molar-refractivity contribution in [2.45, 2.75) is 19.2 Å². The quantitative estimate of drug-likeness (QED) is 0.771. The minimum Gasteiger partial charge on any atom is -0.359 e. The summed E-state index contributed by atoms with van der Waals surface area (Å²) in [5, 5.41) is 0. The molecule has 0 aliphatic heterocycles. The molecule has 1 heterocycles. The SMILES string of the molecule is Cc1cc(CCl)cnc1N(C)CCc1ccccc1. The fourth-order valence-electron chi connectivity index (χ4n) is 2.15. The molecule has 0 fully saturated rings. The fourth-order valence-corrected chi connectivity index (χ4v) is 2.29. The van der Waals surface area contributed by atoms with Gasteiger partial charge in [0.2, 0.25) is 0 Å². The van der Waals surface area contributed by atoms with Crippen LogP contribution in [0.15, 0.2) is 42.6 Å². The number of hydrogen-bond donors (Lipinski definition) is 0. The van der Waals surface area contributed by atoms with Crippen LogP contribution in [0.1, 0.15) is 16.7 Å². The molecule has 3 heteroatoms. The van der Waals surface area contributed by atoms with Gasteiger partial charge in [0.05, 0.1) is 0 Å². The van der Waals surface area contributed by atoms with Crippen molar-refractivity contribution in [3.05, 3.63) is 59.3 Å². The van der Waals surface area contributed by atoms with Crippen molar-refractivity contribution in [2.24, 2.45) is 0 Å². The molecular weight excluding hydrogens is 256 g/mol. The minimum atomic E-state index is 0.516. The first-order valence-corrected chi connectivity index (χ1v) is 7.00. The van der Waals surface area contributed by atoms with Gasteiger partial charge in [0, 0.05) is 25.7 Å². The Morgan fingerprint density at radius 1 is 1.16 bits per heavy atom. The van der Waals surface area contributed by atoms with Crippen molar-refractivity contribution in [3.8, 4) is 0 Å². The number of aromatic nitrogens is 1. The van der Waals surface area contributed by atoms with Crippen molar-refractivity contribution in [2.75, 3.05) is 18.5 Å². The van der Waals surface area contributed by atoms with E-state index < -0.39 is 0 Å². The summed E-state index contributed by atoms with van der Waals surface area (Å²) in [7, 11) is 2.08. The molecule has 19 heavy (non-hydrogen) atoms. The van der Waals surface area contributed by atoms with Gasteiger partial charge in [-0.05, 0) is 36.1 Å². The van der Waals surface area contributed by atoms with Crippen molar-refractivity contribution in [1.82, 2.24) is 4.98 Å². The van der Waals surface area contributed by atoms with Gasteiger partial charge in [-0.2, -0.15) is 0 Å². The molecule has 0 saturated carbocycles. The summed E-state index contributed by atoms with van der Waals surface area (Å²) in [5.74, 6) is 1.55. The van der Waals surface area contributed by atoms with Gasteiger partial charge in [0.1, 0.15) is 5.82 Å². The Morgan fingerprint density at radius 2 is 1.89 bits per heavy atom. The van der Waals surface area contributed by atoms with Gasteiger partial charge in [0.15, 0.2) is 0 Å². The molecular formula is C16H19ClN2. The Hall–Kier alpha value is -1.54. The second kappa shape index (κ2) is 6.58. The third-order valence-corrected chi connectivity index (χ3v) is 3.51. The molecule has 100 valence electrons. The normalized spacial score (nSPS) is 10.5. The molecule has 1 aromatic carbocycles. The molecule has 0 bridgehead atoms. The molecule has 0 radical (unpaired) electrons. The number of pyridine rings is 1. The molecule has 0 aliphatic rings. The first-order chi connectivity index (χ1) is 9.20. The molecule has 0 amide bonds. The van der Waals surface area contributed by atoms with E-state index in [4.69, 9.17) is 11.6 Å². The Morgan fingerprint density at radius 3 is 2.53 bits per heavy atom. The summed E-state index contributed by atoms with van der Waals surface area (Å²) < 4.78 is 0. The summed E-state index contributed by atoms with van der Waals surface area (Å²) >= 11 is 5.82. The van der Waals surface area contributed by atoms with Crippen LogP contribution in [0.5, 0.6) is 0 Å². The van der Waals surface area contributed by atoms with E-state index in [0.717, 1.165) is 24.3 Å². The standard InChI is InChI=1S/C16H19ClN2/c1-13-10-15(11-17)12-18-16(13)19(2)9-8-14-6-4-3-5-7-14/h3-7,10,12H,8-9,11H2,1-2H3. The molecule has 2 nitrogen and oxygen atoms in total. The topological polar surface area (TPSA) is 16.1 Å².